The van der Waals surface area contributed by atoms with Gasteiger partial charge in [-0.1, -0.05) is 19.4 Å². The highest BCUT2D eigenvalue weighted by Gasteiger charge is 2.25. The van der Waals surface area contributed by atoms with Gasteiger partial charge in [0.2, 0.25) is 0 Å². The summed E-state index contributed by atoms with van der Waals surface area (Å²) in [5.41, 5.74) is 1.96. The van der Waals surface area contributed by atoms with Crippen LogP contribution >= 0.6 is 0 Å². The van der Waals surface area contributed by atoms with Crippen molar-refractivity contribution in [2.45, 2.75) is 51.9 Å². The van der Waals surface area contributed by atoms with E-state index in [9.17, 15) is 14.9 Å². The zero-order valence-corrected chi connectivity index (χ0v) is 12.1. The van der Waals surface area contributed by atoms with E-state index in [4.69, 9.17) is 0 Å². The van der Waals surface area contributed by atoms with Crippen LogP contribution in [0.5, 0.6) is 0 Å². The molecule has 1 aliphatic carbocycles. The minimum absolute atomic E-state index is 0.165. The fraction of sp³-hybridized carbons (Fsp3) is 0.562. The first-order valence-electron chi connectivity index (χ1n) is 7.25. The normalized spacial score (nSPS) is 21.3. The zero-order chi connectivity index (χ0) is 14.7. The van der Waals surface area contributed by atoms with E-state index in [2.05, 4.69) is 6.92 Å². The Kier molecular flexibility index (Phi) is 4.53. The second kappa shape index (κ2) is 6.16. The van der Waals surface area contributed by atoms with Crippen LogP contribution in [0.3, 0.4) is 0 Å². The molecule has 2 unspecified atom stereocenters. The maximum atomic E-state index is 11.8. The molecular weight excluding hydrogens is 254 g/mol. The number of nitro groups is 1. The van der Waals surface area contributed by atoms with Crippen molar-refractivity contribution in [3.8, 4) is 0 Å². The Bertz CT molecular complexity index is 524. The summed E-state index contributed by atoms with van der Waals surface area (Å²) in [6.07, 6.45) is 4.54. The molecule has 0 N–H and O–H groups in total. The van der Waals surface area contributed by atoms with Crippen molar-refractivity contribution in [2.75, 3.05) is 0 Å². The summed E-state index contributed by atoms with van der Waals surface area (Å²) in [5, 5.41) is 10.9. The van der Waals surface area contributed by atoms with Crippen LogP contribution in [0.1, 0.15) is 56.1 Å². The fourth-order valence-electron chi connectivity index (χ4n) is 3.09. The minimum atomic E-state index is -0.348. The van der Waals surface area contributed by atoms with Gasteiger partial charge in [-0.15, -0.1) is 0 Å². The molecule has 0 aliphatic heterocycles. The Morgan fingerprint density at radius 2 is 2.10 bits per heavy atom. The molecule has 0 radical (unpaired) electrons. The molecule has 1 aliphatic rings. The first kappa shape index (κ1) is 14.7. The van der Waals surface area contributed by atoms with Gasteiger partial charge in [-0.25, -0.2) is 0 Å². The largest absolute Gasteiger partial charge is 0.300 e. The van der Waals surface area contributed by atoms with Crippen LogP contribution in [0, 0.1) is 23.0 Å². The second-order valence-corrected chi connectivity index (χ2v) is 5.84. The number of carbonyl (C=O) groups is 1. The van der Waals surface area contributed by atoms with Gasteiger partial charge in [0.25, 0.3) is 5.69 Å². The first-order valence-corrected chi connectivity index (χ1v) is 7.25. The highest BCUT2D eigenvalue weighted by molar-refractivity contribution is 5.78. The SMILES string of the molecule is Cc1cc(C(C)C2CCCCC(=O)C2)ccc1[N+](=O)[O-]. The van der Waals surface area contributed by atoms with E-state index in [-0.39, 0.29) is 16.5 Å². The monoisotopic (exact) mass is 275 g/mol. The summed E-state index contributed by atoms with van der Waals surface area (Å²) in [6, 6.07) is 5.32. The number of rotatable bonds is 3. The van der Waals surface area contributed by atoms with E-state index in [0.717, 1.165) is 24.8 Å². The van der Waals surface area contributed by atoms with Crippen LogP contribution < -0.4 is 0 Å². The summed E-state index contributed by atoms with van der Waals surface area (Å²) in [5.74, 6) is 1.00. The molecule has 0 aromatic heterocycles. The molecule has 4 nitrogen and oxygen atoms in total. The first-order chi connectivity index (χ1) is 9.49. The summed E-state index contributed by atoms with van der Waals surface area (Å²) in [4.78, 5) is 22.3. The van der Waals surface area contributed by atoms with Crippen molar-refractivity contribution >= 4 is 11.5 Å². The van der Waals surface area contributed by atoms with Gasteiger partial charge in [-0.3, -0.25) is 14.9 Å². The topological polar surface area (TPSA) is 60.2 Å². The molecule has 1 saturated carbocycles. The number of ketones is 1. The van der Waals surface area contributed by atoms with Gasteiger partial charge in [0, 0.05) is 24.5 Å². The maximum absolute atomic E-state index is 11.8. The van der Waals surface area contributed by atoms with Crippen LogP contribution in [0.15, 0.2) is 18.2 Å². The van der Waals surface area contributed by atoms with Crippen LogP contribution in [-0.4, -0.2) is 10.7 Å². The summed E-state index contributed by atoms with van der Waals surface area (Å²) >= 11 is 0. The van der Waals surface area contributed by atoms with Crippen LogP contribution in [0.25, 0.3) is 0 Å². The minimum Gasteiger partial charge on any atom is -0.300 e. The molecule has 2 atom stereocenters. The number of hydrogen-bond donors (Lipinski definition) is 0. The lowest BCUT2D eigenvalue weighted by molar-refractivity contribution is -0.385. The van der Waals surface area contributed by atoms with Crippen molar-refractivity contribution < 1.29 is 9.72 Å². The van der Waals surface area contributed by atoms with Gasteiger partial charge in [0.15, 0.2) is 0 Å². The molecule has 0 saturated heterocycles. The van der Waals surface area contributed by atoms with Gasteiger partial charge in [-0.2, -0.15) is 0 Å². The fourth-order valence-corrected chi connectivity index (χ4v) is 3.09. The number of Topliss-reactive ketones (excluding diaryl/α,β-unsaturated/α-hetero) is 1. The van der Waals surface area contributed by atoms with E-state index in [1.807, 2.05) is 12.1 Å². The Balaban J connectivity index is 2.19. The van der Waals surface area contributed by atoms with Crippen LogP contribution in [0.2, 0.25) is 0 Å². The summed E-state index contributed by atoms with van der Waals surface area (Å²) < 4.78 is 0. The Hall–Kier alpha value is -1.71. The molecular formula is C16H21NO3. The lowest BCUT2D eigenvalue weighted by atomic mass is 9.82. The lowest BCUT2D eigenvalue weighted by Gasteiger charge is -2.22. The van der Waals surface area contributed by atoms with E-state index in [1.165, 1.54) is 0 Å². The number of carbonyl (C=O) groups excluding carboxylic acids is 1. The lowest BCUT2D eigenvalue weighted by Crippen LogP contribution is -2.13. The highest BCUT2D eigenvalue weighted by Crippen LogP contribution is 2.35. The molecule has 1 aromatic carbocycles. The average Bonchev–Trinajstić information content (AvgIpc) is 2.62. The molecule has 20 heavy (non-hydrogen) atoms. The zero-order valence-electron chi connectivity index (χ0n) is 12.1. The average molecular weight is 275 g/mol. The number of benzene rings is 1. The molecule has 1 fully saturated rings. The standard InChI is InChI=1S/C16H21NO3/c1-11-9-14(7-8-16(11)17(19)20)12(2)13-5-3-4-6-15(18)10-13/h7-9,12-13H,3-6,10H2,1-2H3. The van der Waals surface area contributed by atoms with E-state index >= 15 is 0 Å². The van der Waals surface area contributed by atoms with Gasteiger partial charge in [0.1, 0.15) is 5.78 Å². The number of nitro benzene ring substituents is 1. The van der Waals surface area contributed by atoms with E-state index in [1.54, 1.807) is 13.0 Å². The van der Waals surface area contributed by atoms with Gasteiger partial charge in [-0.05, 0) is 43.2 Å². The van der Waals surface area contributed by atoms with Crippen LogP contribution in [-0.2, 0) is 4.79 Å². The van der Waals surface area contributed by atoms with E-state index in [0.29, 0.717) is 30.1 Å². The molecule has 2 rings (SSSR count). The Labute approximate surface area is 119 Å². The number of nitrogens with zero attached hydrogens (tertiary/aromatic N) is 1. The predicted octanol–water partition coefficient (Wildman–Crippen LogP) is 4.16. The van der Waals surface area contributed by atoms with Gasteiger partial charge in [0.05, 0.1) is 4.92 Å². The summed E-state index contributed by atoms with van der Waals surface area (Å²) in [6.45, 7) is 3.90. The molecule has 0 amide bonds. The molecule has 1 aromatic rings. The smallest absolute Gasteiger partial charge is 0.272 e. The number of aryl methyl sites for hydroxylation is 1. The van der Waals surface area contributed by atoms with Crippen molar-refractivity contribution in [2.24, 2.45) is 5.92 Å². The third-order valence-corrected chi connectivity index (χ3v) is 4.42. The Morgan fingerprint density at radius 3 is 2.75 bits per heavy atom. The maximum Gasteiger partial charge on any atom is 0.272 e. The van der Waals surface area contributed by atoms with Gasteiger partial charge >= 0.3 is 0 Å². The molecule has 108 valence electrons. The summed E-state index contributed by atoms with van der Waals surface area (Å²) in [7, 11) is 0. The highest BCUT2D eigenvalue weighted by atomic mass is 16.6. The van der Waals surface area contributed by atoms with E-state index < -0.39 is 0 Å². The molecule has 0 heterocycles. The molecule has 0 bridgehead atoms. The molecule has 0 spiro atoms. The van der Waals surface area contributed by atoms with Gasteiger partial charge < -0.3 is 0 Å². The van der Waals surface area contributed by atoms with Crippen molar-refractivity contribution in [1.29, 1.82) is 0 Å². The van der Waals surface area contributed by atoms with Crippen molar-refractivity contribution in [1.82, 2.24) is 0 Å². The van der Waals surface area contributed by atoms with Crippen molar-refractivity contribution in [3.05, 3.63) is 39.4 Å². The Morgan fingerprint density at radius 1 is 1.35 bits per heavy atom. The third-order valence-electron chi connectivity index (χ3n) is 4.42. The number of hydrogen-bond acceptors (Lipinski definition) is 3. The quantitative estimate of drug-likeness (QED) is 0.473. The predicted molar refractivity (Wildman–Crippen MR) is 77.8 cm³/mol. The third kappa shape index (κ3) is 3.24. The van der Waals surface area contributed by atoms with Crippen molar-refractivity contribution in [3.63, 3.8) is 0 Å². The van der Waals surface area contributed by atoms with Crippen LogP contribution in [0.4, 0.5) is 5.69 Å². The second-order valence-electron chi connectivity index (χ2n) is 5.84. The molecule has 4 heteroatoms.